The van der Waals surface area contributed by atoms with Gasteiger partial charge in [0.1, 0.15) is 11.8 Å². The highest BCUT2D eigenvalue weighted by molar-refractivity contribution is 6.33. The molecule has 0 unspecified atom stereocenters. The van der Waals surface area contributed by atoms with E-state index in [9.17, 15) is 0 Å². The smallest absolute Gasteiger partial charge is 0.162 e. The fourth-order valence-corrected chi connectivity index (χ4v) is 1.75. The lowest BCUT2D eigenvalue weighted by atomic mass is 10.4. The van der Waals surface area contributed by atoms with Crippen molar-refractivity contribution >= 4 is 22.6 Å². The lowest BCUT2D eigenvalue weighted by Crippen LogP contribution is -2.06. The predicted octanol–water partition coefficient (Wildman–Crippen LogP) is 1.57. The molecular weight excluding hydrogens is 256 g/mol. The first-order chi connectivity index (χ1) is 8.72. The summed E-state index contributed by atoms with van der Waals surface area (Å²) in [7, 11) is 1.81. The summed E-state index contributed by atoms with van der Waals surface area (Å²) in [6.45, 7) is 4.02. The maximum Gasteiger partial charge on any atom is 0.162 e. The van der Waals surface area contributed by atoms with E-state index in [1.807, 2.05) is 14.0 Å². The summed E-state index contributed by atoms with van der Waals surface area (Å²) in [6.07, 6.45) is 1.65. The highest BCUT2D eigenvalue weighted by atomic mass is 35.5. The van der Waals surface area contributed by atoms with Crippen LogP contribution in [0.15, 0.2) is 6.20 Å². The molecule has 0 spiro atoms. The topological polar surface area (TPSA) is 62.1 Å². The Labute approximate surface area is 110 Å². The molecule has 18 heavy (non-hydrogen) atoms. The fraction of sp³-hybridized carbons (Fsp3) is 0.545. The molecule has 0 fully saturated rings. The van der Waals surface area contributed by atoms with E-state index < -0.39 is 0 Å². The SMILES string of the molecule is CCOCCOCc1nc(Cl)c2cnn(C)c2n1. The van der Waals surface area contributed by atoms with Gasteiger partial charge in [0.25, 0.3) is 0 Å². The Hall–Kier alpha value is -1.24. The number of aryl methyl sites for hydroxylation is 1. The van der Waals surface area contributed by atoms with Crippen molar-refractivity contribution in [1.82, 2.24) is 19.7 Å². The molecule has 2 aromatic heterocycles. The summed E-state index contributed by atoms with van der Waals surface area (Å²) in [4.78, 5) is 8.52. The third-order valence-corrected chi connectivity index (χ3v) is 2.69. The zero-order chi connectivity index (χ0) is 13.0. The van der Waals surface area contributed by atoms with Gasteiger partial charge >= 0.3 is 0 Å². The van der Waals surface area contributed by atoms with Crippen LogP contribution in [0.3, 0.4) is 0 Å². The Balaban J connectivity index is 2.02. The molecule has 0 aliphatic rings. The minimum atomic E-state index is 0.313. The molecular formula is C11H15ClN4O2. The van der Waals surface area contributed by atoms with Gasteiger partial charge in [0.2, 0.25) is 0 Å². The monoisotopic (exact) mass is 270 g/mol. The maximum absolute atomic E-state index is 6.05. The molecule has 0 saturated heterocycles. The van der Waals surface area contributed by atoms with E-state index in [0.29, 0.717) is 43.1 Å². The highest BCUT2D eigenvalue weighted by Gasteiger charge is 2.09. The highest BCUT2D eigenvalue weighted by Crippen LogP contribution is 2.19. The summed E-state index contributed by atoms with van der Waals surface area (Å²) in [5, 5.41) is 5.23. The molecule has 2 rings (SSSR count). The average Bonchev–Trinajstić information content (AvgIpc) is 2.72. The van der Waals surface area contributed by atoms with Gasteiger partial charge in [-0.1, -0.05) is 11.6 Å². The van der Waals surface area contributed by atoms with Crippen LogP contribution in [0.1, 0.15) is 12.7 Å². The fourth-order valence-electron chi connectivity index (χ4n) is 1.52. The largest absolute Gasteiger partial charge is 0.379 e. The molecule has 2 heterocycles. The van der Waals surface area contributed by atoms with Gasteiger partial charge in [0, 0.05) is 13.7 Å². The van der Waals surface area contributed by atoms with Crippen molar-refractivity contribution in [2.45, 2.75) is 13.5 Å². The second-order valence-electron chi connectivity index (χ2n) is 3.69. The number of ether oxygens (including phenoxy) is 2. The van der Waals surface area contributed by atoms with Gasteiger partial charge in [-0.25, -0.2) is 9.97 Å². The lowest BCUT2D eigenvalue weighted by molar-refractivity contribution is 0.0429. The number of hydrogen-bond donors (Lipinski definition) is 0. The van der Waals surface area contributed by atoms with Crippen LogP contribution in [0.25, 0.3) is 11.0 Å². The molecule has 2 aromatic rings. The van der Waals surface area contributed by atoms with Gasteiger partial charge in [0.05, 0.1) is 24.8 Å². The molecule has 0 saturated carbocycles. The number of aromatic nitrogens is 4. The van der Waals surface area contributed by atoms with Crippen LogP contribution in [0.5, 0.6) is 0 Å². The van der Waals surface area contributed by atoms with Crippen molar-refractivity contribution in [2.75, 3.05) is 19.8 Å². The average molecular weight is 271 g/mol. The molecule has 0 bridgehead atoms. The summed E-state index contributed by atoms with van der Waals surface area (Å²) in [6, 6.07) is 0. The summed E-state index contributed by atoms with van der Waals surface area (Å²) >= 11 is 6.05. The number of halogens is 1. The predicted molar refractivity (Wildman–Crippen MR) is 67.5 cm³/mol. The van der Waals surface area contributed by atoms with Crippen molar-refractivity contribution in [3.8, 4) is 0 Å². The van der Waals surface area contributed by atoms with Crippen molar-refractivity contribution in [3.63, 3.8) is 0 Å². The zero-order valence-corrected chi connectivity index (χ0v) is 11.1. The number of fused-ring (bicyclic) bond motifs is 1. The molecule has 0 aliphatic carbocycles. The second-order valence-corrected chi connectivity index (χ2v) is 4.04. The van der Waals surface area contributed by atoms with Gasteiger partial charge in [-0.05, 0) is 6.92 Å². The van der Waals surface area contributed by atoms with E-state index in [1.54, 1.807) is 10.9 Å². The Morgan fingerprint density at radius 1 is 1.28 bits per heavy atom. The van der Waals surface area contributed by atoms with Gasteiger partial charge in [-0.15, -0.1) is 0 Å². The Bertz CT molecular complexity index is 529. The van der Waals surface area contributed by atoms with Crippen molar-refractivity contribution in [3.05, 3.63) is 17.2 Å². The van der Waals surface area contributed by atoms with Crippen LogP contribution in [0, 0.1) is 0 Å². The molecule has 7 heteroatoms. The van der Waals surface area contributed by atoms with E-state index in [1.165, 1.54) is 0 Å². The van der Waals surface area contributed by atoms with Crippen LogP contribution in [-0.2, 0) is 23.1 Å². The van der Waals surface area contributed by atoms with Gasteiger partial charge in [-0.2, -0.15) is 5.10 Å². The normalized spacial score (nSPS) is 11.3. The van der Waals surface area contributed by atoms with E-state index >= 15 is 0 Å². The van der Waals surface area contributed by atoms with E-state index in [-0.39, 0.29) is 0 Å². The van der Waals surface area contributed by atoms with Crippen molar-refractivity contribution in [1.29, 1.82) is 0 Å². The summed E-state index contributed by atoms with van der Waals surface area (Å²) in [5.41, 5.74) is 0.707. The first-order valence-electron chi connectivity index (χ1n) is 5.72. The van der Waals surface area contributed by atoms with Crippen LogP contribution in [0.4, 0.5) is 0 Å². The maximum atomic E-state index is 6.05. The molecule has 0 amide bonds. The summed E-state index contributed by atoms with van der Waals surface area (Å²) in [5.74, 6) is 0.549. The molecule has 0 aromatic carbocycles. The molecule has 6 nitrogen and oxygen atoms in total. The molecule has 0 N–H and O–H groups in total. The number of rotatable bonds is 6. The van der Waals surface area contributed by atoms with Crippen LogP contribution < -0.4 is 0 Å². The van der Waals surface area contributed by atoms with Crippen LogP contribution in [-0.4, -0.2) is 39.6 Å². The first kappa shape index (κ1) is 13.2. The lowest BCUT2D eigenvalue weighted by Gasteiger charge is -2.04. The first-order valence-corrected chi connectivity index (χ1v) is 6.09. The van der Waals surface area contributed by atoms with E-state index in [0.717, 1.165) is 5.39 Å². The quantitative estimate of drug-likeness (QED) is 0.589. The van der Waals surface area contributed by atoms with Crippen molar-refractivity contribution in [2.24, 2.45) is 7.05 Å². The van der Waals surface area contributed by atoms with Crippen molar-refractivity contribution < 1.29 is 9.47 Å². The molecule has 0 atom stereocenters. The zero-order valence-electron chi connectivity index (χ0n) is 10.4. The Kier molecular flexibility index (Phi) is 4.46. The summed E-state index contributed by atoms with van der Waals surface area (Å²) < 4.78 is 12.2. The standard InChI is InChI=1S/C11H15ClN4O2/c1-3-17-4-5-18-7-9-14-10(12)8-6-13-16(2)11(8)15-9/h6H,3-5,7H2,1-2H3. The number of hydrogen-bond acceptors (Lipinski definition) is 5. The number of nitrogens with zero attached hydrogens (tertiary/aromatic N) is 4. The third-order valence-electron chi connectivity index (χ3n) is 2.40. The second kappa shape index (κ2) is 6.08. The third kappa shape index (κ3) is 2.95. The van der Waals surface area contributed by atoms with Gasteiger partial charge in [-0.3, -0.25) is 4.68 Å². The van der Waals surface area contributed by atoms with E-state index in [2.05, 4.69) is 15.1 Å². The Morgan fingerprint density at radius 3 is 2.83 bits per heavy atom. The van der Waals surface area contributed by atoms with E-state index in [4.69, 9.17) is 21.1 Å². The minimum Gasteiger partial charge on any atom is -0.379 e. The molecule has 0 aliphatic heterocycles. The van der Waals surface area contributed by atoms with Gasteiger partial charge < -0.3 is 9.47 Å². The minimum absolute atomic E-state index is 0.313. The Morgan fingerprint density at radius 2 is 2.06 bits per heavy atom. The van der Waals surface area contributed by atoms with Crippen LogP contribution >= 0.6 is 11.6 Å². The molecule has 98 valence electrons. The van der Waals surface area contributed by atoms with Gasteiger partial charge in [0.15, 0.2) is 11.5 Å². The molecule has 0 radical (unpaired) electrons. The van der Waals surface area contributed by atoms with Crippen LogP contribution in [0.2, 0.25) is 5.15 Å².